The fraction of sp³-hybridized carbons (Fsp3) is 0.0909. The highest BCUT2D eigenvalue weighted by molar-refractivity contribution is 9.10. The summed E-state index contributed by atoms with van der Waals surface area (Å²) in [5, 5.41) is 2.89. The number of amides is 1. The Morgan fingerprint density at radius 2 is 2.18 bits per heavy atom. The van der Waals surface area contributed by atoms with Gasteiger partial charge < -0.3 is 5.32 Å². The van der Waals surface area contributed by atoms with E-state index in [1.807, 2.05) is 0 Å². The van der Waals surface area contributed by atoms with Crippen LogP contribution >= 0.6 is 15.9 Å². The van der Waals surface area contributed by atoms with Crippen molar-refractivity contribution < 1.29 is 13.6 Å². The predicted octanol–water partition coefficient (Wildman–Crippen LogP) is 3.20. The number of benzene rings is 1. The molecule has 0 atom stereocenters. The van der Waals surface area contributed by atoms with Gasteiger partial charge in [-0.25, -0.2) is 0 Å². The molecular formula is C11H7BrF2N2O. The van der Waals surface area contributed by atoms with Gasteiger partial charge in [-0.05, 0) is 28.1 Å². The summed E-state index contributed by atoms with van der Waals surface area (Å²) in [7, 11) is 0. The molecule has 0 aliphatic carbocycles. The van der Waals surface area contributed by atoms with Crippen molar-refractivity contribution in [3.05, 3.63) is 34.9 Å². The first kappa shape index (κ1) is 11.9. The maximum Gasteiger partial charge on any atom is 0.315 e. The van der Waals surface area contributed by atoms with E-state index in [1.165, 1.54) is 6.07 Å². The summed E-state index contributed by atoms with van der Waals surface area (Å²) in [5.74, 6) is -1.33. The number of carbonyl (C=O) groups is 1. The summed E-state index contributed by atoms with van der Waals surface area (Å²) < 4.78 is 25.1. The Kier molecular flexibility index (Phi) is 3.33. The molecule has 0 fully saturated rings. The molecule has 88 valence electrons. The molecule has 0 radical (unpaired) electrons. The number of para-hydroxylation sites is 1. The third-order valence-corrected chi connectivity index (χ3v) is 2.57. The monoisotopic (exact) mass is 300 g/mol. The molecular weight excluding hydrogens is 294 g/mol. The van der Waals surface area contributed by atoms with Crippen molar-refractivity contribution in [2.45, 2.75) is 6.43 Å². The van der Waals surface area contributed by atoms with Crippen LogP contribution in [0.1, 0.15) is 0 Å². The highest BCUT2D eigenvalue weighted by Crippen LogP contribution is 2.24. The van der Waals surface area contributed by atoms with Crippen LogP contribution in [0.4, 0.5) is 14.5 Å². The van der Waals surface area contributed by atoms with E-state index in [0.29, 0.717) is 5.52 Å². The fourth-order valence-electron chi connectivity index (χ4n) is 1.42. The number of nitrogens with zero attached hydrogens (tertiary/aromatic N) is 1. The summed E-state index contributed by atoms with van der Waals surface area (Å²) in [4.78, 5) is 15.0. The first-order chi connectivity index (χ1) is 8.08. The molecule has 1 N–H and O–H groups in total. The van der Waals surface area contributed by atoms with Gasteiger partial charge in [0.2, 0.25) is 0 Å². The standard InChI is InChI=1S/C11H7BrF2N2O/c12-7-4-6-2-1-3-8(9(6)15-5-7)16-11(17)10(13)14/h1-5,10H,(H,16,17). The Bertz CT molecular complexity index is 574. The van der Waals surface area contributed by atoms with E-state index < -0.39 is 12.3 Å². The number of alkyl halides is 2. The van der Waals surface area contributed by atoms with Crippen LogP contribution in [0.3, 0.4) is 0 Å². The van der Waals surface area contributed by atoms with Crippen molar-refractivity contribution in [2.24, 2.45) is 0 Å². The average molecular weight is 301 g/mol. The first-order valence-corrected chi connectivity index (χ1v) is 5.50. The molecule has 1 aromatic carbocycles. The molecule has 1 heterocycles. The highest BCUT2D eigenvalue weighted by Gasteiger charge is 2.16. The number of carbonyl (C=O) groups excluding carboxylic acids is 1. The summed E-state index contributed by atoms with van der Waals surface area (Å²) >= 11 is 3.26. The number of halogens is 3. The first-order valence-electron chi connectivity index (χ1n) is 4.71. The highest BCUT2D eigenvalue weighted by atomic mass is 79.9. The molecule has 2 aromatic rings. The molecule has 2 rings (SSSR count). The number of anilines is 1. The Hall–Kier alpha value is -1.56. The van der Waals surface area contributed by atoms with Gasteiger partial charge in [0, 0.05) is 16.1 Å². The largest absolute Gasteiger partial charge is 0.319 e. The van der Waals surface area contributed by atoms with E-state index in [9.17, 15) is 13.6 Å². The van der Waals surface area contributed by atoms with E-state index in [1.54, 1.807) is 24.4 Å². The minimum Gasteiger partial charge on any atom is -0.319 e. The normalized spacial score (nSPS) is 10.8. The van der Waals surface area contributed by atoms with E-state index >= 15 is 0 Å². The van der Waals surface area contributed by atoms with Gasteiger partial charge in [0.25, 0.3) is 5.91 Å². The Morgan fingerprint density at radius 3 is 2.88 bits per heavy atom. The van der Waals surface area contributed by atoms with Crippen LogP contribution in [0.15, 0.2) is 34.9 Å². The van der Waals surface area contributed by atoms with E-state index in [-0.39, 0.29) is 5.69 Å². The third-order valence-electron chi connectivity index (χ3n) is 2.13. The van der Waals surface area contributed by atoms with Crippen molar-refractivity contribution >= 4 is 38.4 Å². The molecule has 17 heavy (non-hydrogen) atoms. The van der Waals surface area contributed by atoms with Gasteiger partial charge >= 0.3 is 6.43 Å². The van der Waals surface area contributed by atoms with Crippen LogP contribution < -0.4 is 5.32 Å². The molecule has 1 amide bonds. The number of fused-ring (bicyclic) bond motifs is 1. The second-order valence-electron chi connectivity index (χ2n) is 3.32. The lowest BCUT2D eigenvalue weighted by molar-refractivity contribution is -0.126. The van der Waals surface area contributed by atoms with Gasteiger partial charge in [0.15, 0.2) is 0 Å². The maximum absolute atomic E-state index is 12.1. The summed E-state index contributed by atoms with van der Waals surface area (Å²) in [5.41, 5.74) is 0.755. The smallest absolute Gasteiger partial charge is 0.315 e. The van der Waals surface area contributed by atoms with Crippen LogP contribution in [0.5, 0.6) is 0 Å². The quantitative estimate of drug-likeness (QED) is 0.925. The van der Waals surface area contributed by atoms with Crippen LogP contribution in [0.25, 0.3) is 10.9 Å². The van der Waals surface area contributed by atoms with Crippen molar-refractivity contribution in [3.8, 4) is 0 Å². The van der Waals surface area contributed by atoms with Crippen molar-refractivity contribution in [2.75, 3.05) is 5.32 Å². The van der Waals surface area contributed by atoms with Gasteiger partial charge in [-0.3, -0.25) is 9.78 Å². The number of nitrogens with one attached hydrogen (secondary N) is 1. The number of pyridine rings is 1. The van der Waals surface area contributed by atoms with Crippen LogP contribution in [0.2, 0.25) is 0 Å². The topological polar surface area (TPSA) is 42.0 Å². The molecule has 6 heteroatoms. The van der Waals surface area contributed by atoms with Gasteiger partial charge in [-0.15, -0.1) is 0 Å². The van der Waals surface area contributed by atoms with E-state index in [4.69, 9.17) is 0 Å². The third kappa shape index (κ3) is 2.58. The minimum absolute atomic E-state index is 0.278. The number of hydrogen-bond acceptors (Lipinski definition) is 2. The summed E-state index contributed by atoms with van der Waals surface area (Å²) in [6.45, 7) is 0. The van der Waals surface area contributed by atoms with Crippen LogP contribution in [0, 0.1) is 0 Å². The molecule has 0 saturated heterocycles. The van der Waals surface area contributed by atoms with Crippen LogP contribution in [-0.2, 0) is 4.79 Å². The van der Waals surface area contributed by atoms with Crippen LogP contribution in [-0.4, -0.2) is 17.3 Å². The molecule has 0 bridgehead atoms. The number of hydrogen-bond donors (Lipinski definition) is 1. The van der Waals surface area contributed by atoms with Crippen molar-refractivity contribution in [1.82, 2.24) is 4.98 Å². The van der Waals surface area contributed by atoms with Gasteiger partial charge in [0.05, 0.1) is 11.2 Å². The Balaban J connectivity index is 2.44. The van der Waals surface area contributed by atoms with Gasteiger partial charge in [-0.2, -0.15) is 8.78 Å². The zero-order valence-corrected chi connectivity index (χ0v) is 10.0. The van der Waals surface area contributed by atoms with Gasteiger partial charge in [0.1, 0.15) is 0 Å². The molecule has 0 aliphatic heterocycles. The maximum atomic E-state index is 12.1. The molecule has 0 saturated carbocycles. The van der Waals surface area contributed by atoms with E-state index in [0.717, 1.165) is 9.86 Å². The predicted molar refractivity (Wildman–Crippen MR) is 64.1 cm³/mol. The minimum atomic E-state index is -3.04. The van der Waals surface area contributed by atoms with Crippen molar-refractivity contribution in [1.29, 1.82) is 0 Å². The molecule has 0 unspecified atom stereocenters. The second kappa shape index (κ2) is 4.75. The lowest BCUT2D eigenvalue weighted by Crippen LogP contribution is -2.20. The molecule has 0 aliphatic rings. The molecule has 0 spiro atoms. The summed E-state index contributed by atoms with van der Waals surface area (Å²) in [6.07, 6.45) is -1.50. The lowest BCUT2D eigenvalue weighted by atomic mass is 10.2. The zero-order chi connectivity index (χ0) is 12.4. The van der Waals surface area contributed by atoms with Gasteiger partial charge in [-0.1, -0.05) is 12.1 Å². The average Bonchev–Trinajstić information content (AvgIpc) is 2.28. The van der Waals surface area contributed by atoms with Crippen molar-refractivity contribution in [3.63, 3.8) is 0 Å². The summed E-state index contributed by atoms with van der Waals surface area (Å²) in [6, 6.07) is 6.77. The fourth-order valence-corrected chi connectivity index (χ4v) is 1.77. The number of aromatic nitrogens is 1. The lowest BCUT2D eigenvalue weighted by Gasteiger charge is -2.07. The SMILES string of the molecule is O=C(Nc1cccc2cc(Br)cnc12)C(F)F. The molecule has 3 nitrogen and oxygen atoms in total. The Morgan fingerprint density at radius 1 is 1.41 bits per heavy atom. The second-order valence-corrected chi connectivity index (χ2v) is 4.24. The zero-order valence-electron chi connectivity index (χ0n) is 8.45. The Labute approximate surface area is 104 Å². The van der Waals surface area contributed by atoms with E-state index in [2.05, 4.69) is 26.2 Å². The number of rotatable bonds is 2. The molecule has 1 aromatic heterocycles.